The summed E-state index contributed by atoms with van der Waals surface area (Å²) in [5.41, 5.74) is -2.21. The minimum atomic E-state index is -4.80. The van der Waals surface area contributed by atoms with Crippen LogP contribution in [-0.2, 0) is 13.2 Å². The van der Waals surface area contributed by atoms with Crippen molar-refractivity contribution in [3.05, 3.63) is 31.6 Å². The Kier molecular flexibility index (Phi) is 2.95. The topological polar surface area (TPSA) is 61.0 Å². The Morgan fingerprint density at radius 3 is 2.61 bits per heavy atom. The largest absolute Gasteiger partial charge is 0.423 e. The van der Waals surface area contributed by atoms with Gasteiger partial charge in [0.05, 0.1) is 10.3 Å². The number of hydrogen-bond donors (Lipinski definition) is 0. The Bertz CT molecular complexity index is 651. The molecule has 2 aromatic heterocycles. The molecule has 5 nitrogen and oxygen atoms in total. The van der Waals surface area contributed by atoms with Gasteiger partial charge in [-0.05, 0) is 22.6 Å². The van der Waals surface area contributed by atoms with E-state index >= 15 is 0 Å². The first-order valence-corrected chi connectivity index (χ1v) is 5.66. The number of rotatable bonds is 1. The lowest BCUT2D eigenvalue weighted by atomic mass is 10.1. The van der Waals surface area contributed by atoms with Crippen LogP contribution in [0.1, 0.15) is 5.56 Å². The van der Waals surface area contributed by atoms with E-state index in [0.717, 1.165) is 0 Å². The van der Waals surface area contributed by atoms with Gasteiger partial charge in [-0.1, -0.05) is 0 Å². The minimum absolute atomic E-state index is 0.0670. The van der Waals surface area contributed by atoms with Crippen molar-refractivity contribution >= 4 is 39.3 Å². The van der Waals surface area contributed by atoms with Crippen molar-refractivity contribution in [1.82, 2.24) is 9.55 Å². The van der Waals surface area contributed by atoms with Gasteiger partial charge in [-0.2, -0.15) is 13.2 Å². The second kappa shape index (κ2) is 4.07. The van der Waals surface area contributed by atoms with E-state index in [0.29, 0.717) is 6.20 Å². The summed E-state index contributed by atoms with van der Waals surface area (Å²) in [7, 11) is 1.53. The van der Waals surface area contributed by atoms with Gasteiger partial charge in [-0.25, -0.2) is 4.98 Å². The number of alkyl halides is 3. The number of aryl methyl sites for hydroxylation is 1. The molecule has 0 saturated carbocycles. The van der Waals surface area contributed by atoms with Gasteiger partial charge in [0.25, 0.3) is 0 Å². The smallest absolute Gasteiger partial charge is 0.334 e. The third-order valence-corrected chi connectivity index (χ3v) is 3.22. The van der Waals surface area contributed by atoms with E-state index in [1.165, 1.54) is 17.8 Å². The molecule has 0 spiro atoms. The standard InChI is InChI=1S/C9H5F3IN3O2/c1-15-3-4(13)6-7(9(10,11)12)5(16(17)18)2-14-8(6)15/h2-3H,1H3. The molecule has 2 rings (SSSR count). The molecule has 18 heavy (non-hydrogen) atoms. The summed E-state index contributed by atoms with van der Waals surface area (Å²) < 4.78 is 40.6. The lowest BCUT2D eigenvalue weighted by molar-refractivity contribution is -0.388. The van der Waals surface area contributed by atoms with Crippen molar-refractivity contribution in [3.63, 3.8) is 0 Å². The fourth-order valence-electron chi connectivity index (χ4n) is 1.71. The molecule has 0 N–H and O–H groups in total. The molecule has 2 aromatic rings. The van der Waals surface area contributed by atoms with Crippen LogP contribution in [0.2, 0.25) is 0 Å². The number of aromatic nitrogens is 2. The van der Waals surface area contributed by atoms with Crippen LogP contribution in [0.4, 0.5) is 18.9 Å². The summed E-state index contributed by atoms with van der Waals surface area (Å²) in [4.78, 5) is 13.3. The molecule has 0 aliphatic heterocycles. The van der Waals surface area contributed by atoms with Crippen LogP contribution in [-0.4, -0.2) is 14.5 Å². The Morgan fingerprint density at radius 1 is 1.50 bits per heavy atom. The fourth-order valence-corrected chi connectivity index (χ4v) is 2.63. The maximum atomic E-state index is 13.0. The highest BCUT2D eigenvalue weighted by Crippen LogP contribution is 2.41. The molecule has 0 saturated heterocycles. The van der Waals surface area contributed by atoms with Crippen molar-refractivity contribution in [1.29, 1.82) is 0 Å². The molecule has 2 heterocycles. The average Bonchev–Trinajstić information content (AvgIpc) is 2.52. The van der Waals surface area contributed by atoms with Crippen LogP contribution in [0.5, 0.6) is 0 Å². The number of pyridine rings is 1. The van der Waals surface area contributed by atoms with Gasteiger partial charge in [0.2, 0.25) is 0 Å². The van der Waals surface area contributed by atoms with Gasteiger partial charge >= 0.3 is 11.9 Å². The van der Waals surface area contributed by atoms with E-state index in [-0.39, 0.29) is 14.6 Å². The summed E-state index contributed by atoms with van der Waals surface area (Å²) >= 11 is 1.70. The molecule has 0 atom stereocenters. The zero-order chi connectivity index (χ0) is 13.7. The second-order valence-electron chi connectivity index (χ2n) is 3.56. The average molecular weight is 371 g/mol. The predicted octanol–water partition coefficient (Wildman–Crippen LogP) is 3.10. The van der Waals surface area contributed by atoms with Crippen LogP contribution in [0.15, 0.2) is 12.4 Å². The Balaban J connectivity index is 2.99. The number of halogens is 4. The quantitative estimate of drug-likeness (QED) is 0.440. The van der Waals surface area contributed by atoms with E-state index in [4.69, 9.17) is 0 Å². The zero-order valence-electron chi connectivity index (χ0n) is 8.82. The summed E-state index contributed by atoms with van der Waals surface area (Å²) in [6.07, 6.45) is -2.72. The Hall–Kier alpha value is -1.39. The molecule has 0 amide bonds. The molecule has 9 heteroatoms. The third-order valence-electron chi connectivity index (χ3n) is 2.40. The van der Waals surface area contributed by atoms with Gasteiger partial charge in [0.1, 0.15) is 17.4 Å². The van der Waals surface area contributed by atoms with E-state index in [9.17, 15) is 23.3 Å². The maximum absolute atomic E-state index is 13.0. The van der Waals surface area contributed by atoms with Crippen LogP contribution < -0.4 is 0 Å². The molecule has 96 valence electrons. The molecular formula is C9H5F3IN3O2. The SMILES string of the molecule is Cn1cc(I)c2c(C(F)(F)F)c([N+](=O)[O-])cnc21. The summed E-state index contributed by atoms with van der Waals surface area (Å²) in [6, 6.07) is 0. The first kappa shape index (κ1) is 13.1. The predicted molar refractivity (Wildman–Crippen MR) is 65.1 cm³/mol. The van der Waals surface area contributed by atoms with Crippen LogP contribution >= 0.6 is 22.6 Å². The highest BCUT2D eigenvalue weighted by molar-refractivity contribution is 14.1. The number of fused-ring (bicyclic) bond motifs is 1. The monoisotopic (exact) mass is 371 g/mol. The lowest BCUT2D eigenvalue weighted by Crippen LogP contribution is -2.10. The zero-order valence-corrected chi connectivity index (χ0v) is 11.0. The van der Waals surface area contributed by atoms with Gasteiger partial charge in [-0.15, -0.1) is 0 Å². The van der Waals surface area contributed by atoms with Gasteiger partial charge in [0.15, 0.2) is 0 Å². The van der Waals surface area contributed by atoms with Crippen molar-refractivity contribution in [3.8, 4) is 0 Å². The normalized spacial score (nSPS) is 12.1. The van der Waals surface area contributed by atoms with Crippen LogP contribution in [0.25, 0.3) is 11.0 Å². The first-order chi connectivity index (χ1) is 8.23. The molecular weight excluding hydrogens is 366 g/mol. The van der Waals surface area contributed by atoms with E-state index in [1.807, 2.05) is 0 Å². The first-order valence-electron chi connectivity index (χ1n) is 4.58. The van der Waals surface area contributed by atoms with Crippen molar-refractivity contribution < 1.29 is 18.1 Å². The van der Waals surface area contributed by atoms with Crippen molar-refractivity contribution in [2.45, 2.75) is 6.18 Å². The molecule has 0 unspecified atom stereocenters. The molecule has 0 radical (unpaired) electrons. The maximum Gasteiger partial charge on any atom is 0.423 e. The summed E-state index contributed by atoms with van der Waals surface area (Å²) in [5.74, 6) is 0. The Morgan fingerprint density at radius 2 is 2.11 bits per heavy atom. The van der Waals surface area contributed by atoms with E-state index in [2.05, 4.69) is 4.98 Å². The molecule has 0 aliphatic carbocycles. The highest BCUT2D eigenvalue weighted by atomic mass is 127. The van der Waals surface area contributed by atoms with Crippen molar-refractivity contribution in [2.24, 2.45) is 7.05 Å². The van der Waals surface area contributed by atoms with E-state index in [1.54, 1.807) is 22.6 Å². The molecule has 0 fully saturated rings. The summed E-state index contributed by atoms with van der Waals surface area (Å²) in [5, 5.41) is 10.5. The van der Waals surface area contributed by atoms with Gasteiger partial charge < -0.3 is 4.57 Å². The van der Waals surface area contributed by atoms with Crippen LogP contribution in [0.3, 0.4) is 0 Å². The van der Waals surface area contributed by atoms with Gasteiger partial charge in [0, 0.05) is 16.8 Å². The molecule has 0 aliphatic rings. The lowest BCUT2D eigenvalue weighted by Gasteiger charge is -2.09. The summed E-state index contributed by atoms with van der Waals surface area (Å²) in [6.45, 7) is 0. The Labute approximate surface area is 112 Å². The fraction of sp³-hybridized carbons (Fsp3) is 0.222. The van der Waals surface area contributed by atoms with Gasteiger partial charge in [-0.3, -0.25) is 10.1 Å². The molecule has 0 bridgehead atoms. The van der Waals surface area contributed by atoms with Crippen molar-refractivity contribution in [2.75, 3.05) is 0 Å². The number of hydrogen-bond acceptors (Lipinski definition) is 3. The number of nitro groups is 1. The minimum Gasteiger partial charge on any atom is -0.334 e. The highest BCUT2D eigenvalue weighted by Gasteiger charge is 2.42. The number of nitrogens with zero attached hydrogens (tertiary/aromatic N) is 3. The second-order valence-corrected chi connectivity index (χ2v) is 4.72. The molecule has 0 aromatic carbocycles. The van der Waals surface area contributed by atoms with E-state index < -0.39 is 22.4 Å². The van der Waals surface area contributed by atoms with Crippen LogP contribution in [0, 0.1) is 13.7 Å². The third kappa shape index (κ3) is 1.91.